The van der Waals surface area contributed by atoms with Gasteiger partial charge in [0, 0.05) is 11.8 Å². The van der Waals surface area contributed by atoms with E-state index in [4.69, 9.17) is 5.73 Å². The number of aromatic nitrogens is 1. The highest BCUT2D eigenvalue weighted by atomic mass is 19.1. The number of hydrogen-bond donors (Lipinski definition) is 1. The Bertz CT molecular complexity index is 511. The Kier molecular flexibility index (Phi) is 4.05. The van der Waals surface area contributed by atoms with Crippen molar-refractivity contribution in [1.82, 2.24) is 4.98 Å². The van der Waals surface area contributed by atoms with Crippen molar-refractivity contribution in [2.75, 3.05) is 6.54 Å². The highest BCUT2D eigenvalue weighted by Crippen LogP contribution is 2.26. The van der Waals surface area contributed by atoms with Gasteiger partial charge in [-0.3, -0.25) is 4.98 Å². The Morgan fingerprint density at radius 3 is 2.78 bits per heavy atom. The average Bonchev–Trinajstić information content (AvgIpc) is 2.40. The SMILES string of the molecule is CC(CCN)c1ccc(F)c(-c2ccccn2)c1. The summed E-state index contributed by atoms with van der Waals surface area (Å²) in [7, 11) is 0. The van der Waals surface area contributed by atoms with Crippen molar-refractivity contribution in [2.24, 2.45) is 5.73 Å². The largest absolute Gasteiger partial charge is 0.330 e. The summed E-state index contributed by atoms with van der Waals surface area (Å²) in [5, 5.41) is 0. The van der Waals surface area contributed by atoms with Gasteiger partial charge in [0.25, 0.3) is 0 Å². The molecule has 0 spiro atoms. The monoisotopic (exact) mass is 244 g/mol. The Hall–Kier alpha value is -1.74. The molecule has 2 nitrogen and oxygen atoms in total. The van der Waals surface area contributed by atoms with Crippen molar-refractivity contribution in [3.63, 3.8) is 0 Å². The van der Waals surface area contributed by atoms with Crippen LogP contribution in [-0.4, -0.2) is 11.5 Å². The second-order valence-electron chi connectivity index (χ2n) is 4.43. The van der Waals surface area contributed by atoms with Crippen LogP contribution in [-0.2, 0) is 0 Å². The molecular weight excluding hydrogens is 227 g/mol. The van der Waals surface area contributed by atoms with Crippen LogP contribution in [0.25, 0.3) is 11.3 Å². The molecule has 1 atom stereocenters. The van der Waals surface area contributed by atoms with Crippen LogP contribution < -0.4 is 5.73 Å². The van der Waals surface area contributed by atoms with Crippen LogP contribution in [0, 0.1) is 5.82 Å². The van der Waals surface area contributed by atoms with Gasteiger partial charge in [-0.25, -0.2) is 4.39 Å². The Balaban J connectivity index is 2.39. The summed E-state index contributed by atoms with van der Waals surface area (Å²) in [6, 6.07) is 10.7. The number of hydrogen-bond acceptors (Lipinski definition) is 2. The van der Waals surface area contributed by atoms with Gasteiger partial charge in [0.05, 0.1) is 5.69 Å². The molecule has 0 saturated carbocycles. The number of pyridine rings is 1. The standard InChI is InChI=1S/C15H17FN2/c1-11(7-8-17)12-5-6-14(16)13(10-12)15-4-2-3-9-18-15/h2-6,9-11H,7-8,17H2,1H3. The molecule has 0 aliphatic heterocycles. The zero-order chi connectivity index (χ0) is 13.0. The van der Waals surface area contributed by atoms with E-state index in [1.807, 2.05) is 30.3 Å². The molecule has 3 heteroatoms. The number of nitrogens with zero attached hydrogens (tertiary/aromatic N) is 1. The number of halogens is 1. The number of rotatable bonds is 4. The summed E-state index contributed by atoms with van der Waals surface area (Å²) in [4.78, 5) is 4.19. The lowest BCUT2D eigenvalue weighted by Gasteiger charge is -2.12. The Morgan fingerprint density at radius 2 is 2.11 bits per heavy atom. The lowest BCUT2D eigenvalue weighted by atomic mass is 9.95. The molecule has 0 bridgehead atoms. The van der Waals surface area contributed by atoms with Gasteiger partial charge in [0.2, 0.25) is 0 Å². The molecule has 1 unspecified atom stereocenters. The molecular formula is C15H17FN2. The predicted molar refractivity (Wildman–Crippen MR) is 71.7 cm³/mol. The topological polar surface area (TPSA) is 38.9 Å². The van der Waals surface area contributed by atoms with Crippen molar-refractivity contribution >= 4 is 0 Å². The minimum absolute atomic E-state index is 0.239. The zero-order valence-electron chi connectivity index (χ0n) is 10.4. The van der Waals surface area contributed by atoms with Crippen molar-refractivity contribution in [1.29, 1.82) is 0 Å². The molecule has 0 fully saturated rings. The highest BCUT2D eigenvalue weighted by Gasteiger charge is 2.10. The molecule has 2 N–H and O–H groups in total. The van der Waals surface area contributed by atoms with E-state index in [1.165, 1.54) is 6.07 Å². The maximum Gasteiger partial charge on any atom is 0.132 e. The van der Waals surface area contributed by atoms with Gasteiger partial charge < -0.3 is 5.73 Å². The number of nitrogens with two attached hydrogens (primary N) is 1. The summed E-state index contributed by atoms with van der Waals surface area (Å²) in [5.74, 6) is 0.0930. The molecule has 2 aromatic rings. The van der Waals surface area contributed by atoms with Gasteiger partial charge in [-0.15, -0.1) is 0 Å². The fraction of sp³-hybridized carbons (Fsp3) is 0.267. The van der Waals surface area contributed by atoms with Gasteiger partial charge in [0.1, 0.15) is 5.82 Å². The summed E-state index contributed by atoms with van der Waals surface area (Å²) in [5.41, 5.74) is 7.88. The minimum atomic E-state index is -0.239. The third-order valence-corrected chi connectivity index (χ3v) is 3.10. The molecule has 0 radical (unpaired) electrons. The maximum absolute atomic E-state index is 13.8. The first-order valence-corrected chi connectivity index (χ1v) is 6.13. The van der Waals surface area contributed by atoms with Gasteiger partial charge in [-0.1, -0.05) is 19.1 Å². The van der Waals surface area contributed by atoms with Crippen molar-refractivity contribution in [3.8, 4) is 11.3 Å². The molecule has 0 saturated heterocycles. The van der Waals surface area contributed by atoms with E-state index < -0.39 is 0 Å². The first-order chi connectivity index (χ1) is 8.72. The van der Waals surface area contributed by atoms with Crippen LogP contribution in [0.4, 0.5) is 4.39 Å². The predicted octanol–water partition coefficient (Wildman–Crippen LogP) is 3.34. The molecule has 0 aliphatic carbocycles. The second-order valence-corrected chi connectivity index (χ2v) is 4.43. The third-order valence-electron chi connectivity index (χ3n) is 3.10. The van der Waals surface area contributed by atoms with Crippen molar-refractivity contribution in [2.45, 2.75) is 19.3 Å². The van der Waals surface area contributed by atoms with E-state index in [9.17, 15) is 4.39 Å². The van der Waals surface area contributed by atoms with Gasteiger partial charge >= 0.3 is 0 Å². The fourth-order valence-electron chi connectivity index (χ4n) is 1.98. The van der Waals surface area contributed by atoms with Crippen molar-refractivity contribution < 1.29 is 4.39 Å². The lowest BCUT2D eigenvalue weighted by molar-refractivity contribution is 0.626. The third kappa shape index (κ3) is 2.74. The quantitative estimate of drug-likeness (QED) is 0.895. The molecule has 1 heterocycles. The van der Waals surface area contributed by atoms with E-state index in [0.717, 1.165) is 12.0 Å². The minimum Gasteiger partial charge on any atom is -0.330 e. The van der Waals surface area contributed by atoms with Crippen LogP contribution in [0.15, 0.2) is 42.6 Å². The lowest BCUT2D eigenvalue weighted by Crippen LogP contribution is -2.05. The fourth-order valence-corrected chi connectivity index (χ4v) is 1.98. The Labute approximate surface area is 107 Å². The second kappa shape index (κ2) is 5.74. The van der Waals surface area contributed by atoms with Crippen LogP contribution in [0.5, 0.6) is 0 Å². The Morgan fingerprint density at radius 1 is 1.28 bits per heavy atom. The van der Waals surface area contributed by atoms with E-state index in [1.54, 1.807) is 6.20 Å². The summed E-state index contributed by atoms with van der Waals surface area (Å²) in [6.45, 7) is 2.74. The van der Waals surface area contributed by atoms with Crippen LogP contribution in [0.1, 0.15) is 24.8 Å². The molecule has 2 rings (SSSR count). The summed E-state index contributed by atoms with van der Waals surface area (Å²) < 4.78 is 13.8. The molecule has 1 aromatic carbocycles. The first kappa shape index (κ1) is 12.7. The molecule has 0 amide bonds. The van der Waals surface area contributed by atoms with Crippen molar-refractivity contribution in [3.05, 3.63) is 54.0 Å². The van der Waals surface area contributed by atoms with E-state index in [-0.39, 0.29) is 5.82 Å². The highest BCUT2D eigenvalue weighted by molar-refractivity contribution is 5.60. The van der Waals surface area contributed by atoms with Gasteiger partial charge in [-0.05, 0) is 48.7 Å². The molecule has 18 heavy (non-hydrogen) atoms. The molecule has 1 aromatic heterocycles. The number of benzene rings is 1. The summed E-state index contributed by atoms with van der Waals surface area (Å²) >= 11 is 0. The first-order valence-electron chi connectivity index (χ1n) is 6.13. The van der Waals surface area contributed by atoms with Crippen LogP contribution in [0.2, 0.25) is 0 Å². The van der Waals surface area contributed by atoms with Gasteiger partial charge in [-0.2, -0.15) is 0 Å². The smallest absolute Gasteiger partial charge is 0.132 e. The average molecular weight is 244 g/mol. The maximum atomic E-state index is 13.8. The van der Waals surface area contributed by atoms with E-state index in [0.29, 0.717) is 23.7 Å². The summed E-state index contributed by atoms with van der Waals surface area (Å²) in [6.07, 6.45) is 2.57. The van der Waals surface area contributed by atoms with Crippen LogP contribution >= 0.6 is 0 Å². The molecule has 94 valence electrons. The van der Waals surface area contributed by atoms with E-state index in [2.05, 4.69) is 11.9 Å². The molecule has 0 aliphatic rings. The van der Waals surface area contributed by atoms with Gasteiger partial charge in [0.15, 0.2) is 0 Å². The van der Waals surface area contributed by atoms with Crippen LogP contribution in [0.3, 0.4) is 0 Å². The zero-order valence-corrected chi connectivity index (χ0v) is 10.4. The normalized spacial score (nSPS) is 12.4. The van der Waals surface area contributed by atoms with E-state index >= 15 is 0 Å².